The summed E-state index contributed by atoms with van der Waals surface area (Å²) in [4.78, 5) is 11.6. The van der Waals surface area contributed by atoms with Gasteiger partial charge in [0.2, 0.25) is 0 Å². The lowest BCUT2D eigenvalue weighted by Gasteiger charge is -2.10. The summed E-state index contributed by atoms with van der Waals surface area (Å²) in [6.07, 6.45) is 1.75. The Balaban J connectivity index is 3.00. The van der Waals surface area contributed by atoms with Gasteiger partial charge in [0.15, 0.2) is 0 Å². The van der Waals surface area contributed by atoms with E-state index < -0.39 is 15.0 Å². The van der Waals surface area contributed by atoms with E-state index in [1.54, 1.807) is 14.0 Å². The first kappa shape index (κ1) is 14.1. The first-order valence-electron chi connectivity index (χ1n) is 5.07. The Morgan fingerprint density at radius 3 is 2.59 bits per heavy atom. The molecule has 7 heteroatoms. The van der Waals surface area contributed by atoms with Crippen molar-refractivity contribution in [1.82, 2.24) is 4.57 Å². The smallest absolute Gasteiger partial charge is 0.355 e. The summed E-state index contributed by atoms with van der Waals surface area (Å²) < 4.78 is 28.7. The van der Waals surface area contributed by atoms with Crippen molar-refractivity contribution < 1.29 is 17.9 Å². The molecule has 1 heterocycles. The molecule has 0 saturated carbocycles. The van der Waals surface area contributed by atoms with E-state index in [9.17, 15) is 13.2 Å². The van der Waals surface area contributed by atoms with Crippen LogP contribution in [0.3, 0.4) is 0 Å². The third-order valence-corrected chi connectivity index (χ3v) is 3.67. The predicted octanol–water partition coefficient (Wildman–Crippen LogP) is 1.91. The highest BCUT2D eigenvalue weighted by Gasteiger charge is 2.20. The number of esters is 1. The second kappa shape index (κ2) is 5.10. The molecule has 0 aliphatic heterocycles. The minimum Gasteiger partial charge on any atom is -0.458 e. The quantitative estimate of drug-likeness (QED) is 0.624. The first-order chi connectivity index (χ1) is 7.75. The van der Waals surface area contributed by atoms with Crippen molar-refractivity contribution in [2.75, 3.05) is 0 Å². The summed E-state index contributed by atoms with van der Waals surface area (Å²) >= 11 is 0. The third kappa shape index (κ3) is 3.47. The van der Waals surface area contributed by atoms with Gasteiger partial charge in [-0.25, -0.2) is 13.2 Å². The SMILES string of the molecule is CCC(C)OC(=O)c1cc(S(=O)(=O)Cl)cn1C. The van der Waals surface area contributed by atoms with Crippen LogP contribution in [0, 0.1) is 0 Å². The van der Waals surface area contributed by atoms with Gasteiger partial charge in [-0.2, -0.15) is 0 Å². The molecule has 96 valence electrons. The van der Waals surface area contributed by atoms with Gasteiger partial charge in [-0.1, -0.05) is 6.92 Å². The van der Waals surface area contributed by atoms with Crippen LogP contribution in [0.4, 0.5) is 0 Å². The van der Waals surface area contributed by atoms with Gasteiger partial charge in [0.25, 0.3) is 9.05 Å². The van der Waals surface area contributed by atoms with Gasteiger partial charge in [0, 0.05) is 23.9 Å². The number of nitrogens with zero attached hydrogens (tertiary/aromatic N) is 1. The van der Waals surface area contributed by atoms with Gasteiger partial charge < -0.3 is 9.30 Å². The van der Waals surface area contributed by atoms with E-state index >= 15 is 0 Å². The summed E-state index contributed by atoms with van der Waals surface area (Å²) in [7, 11) is 2.91. The molecule has 0 bridgehead atoms. The molecule has 0 aromatic carbocycles. The fourth-order valence-corrected chi connectivity index (χ4v) is 1.99. The van der Waals surface area contributed by atoms with Gasteiger partial charge in [-0.15, -0.1) is 0 Å². The molecule has 0 radical (unpaired) electrons. The van der Waals surface area contributed by atoms with Crippen LogP contribution in [0.15, 0.2) is 17.2 Å². The van der Waals surface area contributed by atoms with Crippen molar-refractivity contribution in [3.8, 4) is 0 Å². The monoisotopic (exact) mass is 279 g/mol. The van der Waals surface area contributed by atoms with Crippen molar-refractivity contribution in [1.29, 1.82) is 0 Å². The second-order valence-corrected chi connectivity index (χ2v) is 6.30. The van der Waals surface area contributed by atoms with Crippen LogP contribution < -0.4 is 0 Å². The largest absolute Gasteiger partial charge is 0.458 e. The number of hydrogen-bond acceptors (Lipinski definition) is 4. The molecule has 5 nitrogen and oxygen atoms in total. The highest BCUT2D eigenvalue weighted by Crippen LogP contribution is 2.18. The summed E-state index contributed by atoms with van der Waals surface area (Å²) in [5.41, 5.74) is 0.157. The van der Waals surface area contributed by atoms with Crippen LogP contribution in [0.5, 0.6) is 0 Å². The van der Waals surface area contributed by atoms with Crippen LogP contribution in [0.2, 0.25) is 0 Å². The van der Waals surface area contributed by atoms with Gasteiger partial charge in [-0.05, 0) is 19.4 Å². The van der Waals surface area contributed by atoms with E-state index in [2.05, 4.69) is 0 Å². The number of carbonyl (C=O) groups excluding carboxylic acids is 1. The number of ether oxygens (including phenoxy) is 1. The third-order valence-electron chi connectivity index (χ3n) is 2.35. The van der Waals surface area contributed by atoms with Gasteiger partial charge in [0.05, 0.1) is 6.10 Å². The van der Waals surface area contributed by atoms with Gasteiger partial charge >= 0.3 is 5.97 Å². The number of aryl methyl sites for hydroxylation is 1. The topological polar surface area (TPSA) is 65.4 Å². The maximum absolute atomic E-state index is 11.7. The number of carbonyl (C=O) groups is 1. The molecule has 0 fully saturated rings. The van der Waals surface area contributed by atoms with Gasteiger partial charge in [-0.3, -0.25) is 0 Å². The van der Waals surface area contributed by atoms with Crippen molar-refractivity contribution >= 4 is 25.7 Å². The molecule has 17 heavy (non-hydrogen) atoms. The maximum Gasteiger partial charge on any atom is 0.355 e. The van der Waals surface area contributed by atoms with Crippen molar-refractivity contribution in [3.63, 3.8) is 0 Å². The van der Waals surface area contributed by atoms with E-state index in [1.807, 2.05) is 6.92 Å². The number of rotatable bonds is 4. The normalized spacial score (nSPS) is 13.4. The fraction of sp³-hybridized carbons (Fsp3) is 0.500. The zero-order valence-corrected chi connectivity index (χ0v) is 11.4. The highest BCUT2D eigenvalue weighted by atomic mass is 35.7. The lowest BCUT2D eigenvalue weighted by Crippen LogP contribution is -2.16. The number of hydrogen-bond donors (Lipinski definition) is 0. The summed E-state index contributed by atoms with van der Waals surface area (Å²) in [6, 6.07) is 1.20. The van der Waals surface area contributed by atoms with Crippen LogP contribution in [-0.4, -0.2) is 25.1 Å². The molecule has 1 rings (SSSR count). The zero-order valence-electron chi connectivity index (χ0n) is 9.81. The average Bonchev–Trinajstić information content (AvgIpc) is 2.59. The lowest BCUT2D eigenvalue weighted by atomic mass is 10.3. The van der Waals surface area contributed by atoms with Gasteiger partial charge in [0.1, 0.15) is 10.6 Å². The van der Waals surface area contributed by atoms with Crippen LogP contribution in [0.25, 0.3) is 0 Å². The standard InChI is InChI=1S/C10H14ClNO4S/c1-4-7(2)16-10(13)9-5-8(6-12(9)3)17(11,14)15/h5-7H,4H2,1-3H3. The van der Waals surface area contributed by atoms with E-state index in [0.717, 1.165) is 0 Å². The Labute approximate surface area is 105 Å². The number of aromatic nitrogens is 1. The molecule has 0 N–H and O–H groups in total. The van der Waals surface area contributed by atoms with E-state index in [1.165, 1.54) is 16.8 Å². The van der Waals surface area contributed by atoms with E-state index in [0.29, 0.717) is 6.42 Å². The van der Waals surface area contributed by atoms with Crippen molar-refractivity contribution in [2.24, 2.45) is 7.05 Å². The Hall–Kier alpha value is -1.01. The first-order valence-corrected chi connectivity index (χ1v) is 7.38. The Kier molecular flexibility index (Phi) is 4.21. The molecule has 1 unspecified atom stereocenters. The Morgan fingerprint density at radius 2 is 2.18 bits per heavy atom. The lowest BCUT2D eigenvalue weighted by molar-refractivity contribution is 0.0323. The molecular weight excluding hydrogens is 266 g/mol. The highest BCUT2D eigenvalue weighted by molar-refractivity contribution is 8.13. The molecular formula is C10H14ClNO4S. The Morgan fingerprint density at radius 1 is 1.59 bits per heavy atom. The molecule has 0 aliphatic carbocycles. The Bertz CT molecular complexity index is 520. The maximum atomic E-state index is 11.7. The minimum atomic E-state index is -3.83. The molecule has 0 spiro atoms. The van der Waals surface area contributed by atoms with Crippen LogP contribution >= 0.6 is 10.7 Å². The molecule has 1 atom stereocenters. The molecule has 1 aromatic rings. The number of halogens is 1. The van der Waals surface area contributed by atoms with Crippen LogP contribution in [0.1, 0.15) is 30.8 Å². The molecule has 1 aromatic heterocycles. The molecule has 0 aliphatic rings. The van der Waals surface area contributed by atoms with Crippen molar-refractivity contribution in [3.05, 3.63) is 18.0 Å². The minimum absolute atomic E-state index is 0.113. The van der Waals surface area contributed by atoms with E-state index in [-0.39, 0.29) is 16.7 Å². The van der Waals surface area contributed by atoms with Crippen LogP contribution in [-0.2, 0) is 20.8 Å². The second-order valence-electron chi connectivity index (χ2n) is 3.73. The summed E-state index contributed by atoms with van der Waals surface area (Å²) in [5, 5.41) is 0. The fourth-order valence-electron chi connectivity index (χ4n) is 1.20. The average molecular weight is 280 g/mol. The zero-order chi connectivity index (χ0) is 13.2. The molecule has 0 amide bonds. The van der Waals surface area contributed by atoms with E-state index in [4.69, 9.17) is 15.4 Å². The molecule has 0 saturated heterocycles. The predicted molar refractivity (Wildman–Crippen MR) is 63.6 cm³/mol. The summed E-state index contributed by atoms with van der Waals surface area (Å²) in [6.45, 7) is 3.65. The summed E-state index contributed by atoms with van der Waals surface area (Å²) in [5.74, 6) is -0.562. The van der Waals surface area contributed by atoms with Crippen molar-refractivity contribution in [2.45, 2.75) is 31.3 Å².